The summed E-state index contributed by atoms with van der Waals surface area (Å²) < 4.78 is 0. The van der Waals surface area contributed by atoms with Gasteiger partial charge in [0.25, 0.3) is 0 Å². The number of rotatable bonds is 8. The summed E-state index contributed by atoms with van der Waals surface area (Å²) in [5.41, 5.74) is 0. The maximum absolute atomic E-state index is 4.51. The molecule has 0 fully saturated rings. The molecule has 17 heavy (non-hydrogen) atoms. The Balaban J connectivity index is 2.41. The Morgan fingerprint density at radius 2 is 1.94 bits per heavy atom. The summed E-state index contributed by atoms with van der Waals surface area (Å²) in [4.78, 5) is 4.51. The van der Waals surface area contributed by atoms with Gasteiger partial charge in [-0.05, 0) is 32.4 Å². The molecule has 1 unspecified atom stereocenters. The smallest absolute Gasteiger partial charge is 0.128 e. The molecule has 0 radical (unpaired) electrons. The molecule has 0 amide bonds. The van der Waals surface area contributed by atoms with E-state index in [0.717, 1.165) is 18.2 Å². The summed E-state index contributed by atoms with van der Waals surface area (Å²) in [5.74, 6) is 1.91. The Morgan fingerprint density at radius 1 is 1.18 bits per heavy atom. The van der Waals surface area contributed by atoms with E-state index in [4.69, 9.17) is 0 Å². The molecule has 96 valence electrons. The molecule has 1 heterocycles. The summed E-state index contributed by atoms with van der Waals surface area (Å²) in [5, 5.41) is 6.67. The molecule has 1 rings (SSSR count). The van der Waals surface area contributed by atoms with Gasteiger partial charge in [0.15, 0.2) is 0 Å². The topological polar surface area (TPSA) is 37.0 Å². The SMILES string of the molecule is CCCCCC(C)Nc1cccc(NCC)n1. The van der Waals surface area contributed by atoms with Gasteiger partial charge in [0.2, 0.25) is 0 Å². The predicted octanol–water partition coefficient (Wildman–Crippen LogP) is 3.89. The second-order valence-corrected chi connectivity index (χ2v) is 4.48. The van der Waals surface area contributed by atoms with Crippen LogP contribution in [0.4, 0.5) is 11.6 Å². The zero-order valence-electron chi connectivity index (χ0n) is 11.3. The van der Waals surface area contributed by atoms with Crippen molar-refractivity contribution in [2.75, 3.05) is 17.2 Å². The van der Waals surface area contributed by atoms with E-state index in [1.54, 1.807) is 0 Å². The maximum atomic E-state index is 4.51. The Bertz CT molecular complexity index is 312. The van der Waals surface area contributed by atoms with Gasteiger partial charge in [-0.25, -0.2) is 4.98 Å². The van der Waals surface area contributed by atoms with Crippen LogP contribution in [0.1, 0.15) is 46.5 Å². The standard InChI is InChI=1S/C14H25N3/c1-4-6-7-9-12(3)16-14-11-8-10-13(17-14)15-5-2/h8,10-12H,4-7,9H2,1-3H3,(H2,15,16,17). The van der Waals surface area contributed by atoms with Crippen LogP contribution in [-0.4, -0.2) is 17.6 Å². The number of pyridine rings is 1. The van der Waals surface area contributed by atoms with Crippen molar-refractivity contribution in [3.63, 3.8) is 0 Å². The minimum Gasteiger partial charge on any atom is -0.370 e. The molecule has 3 heteroatoms. The third kappa shape index (κ3) is 5.57. The third-order valence-corrected chi connectivity index (χ3v) is 2.74. The molecule has 1 atom stereocenters. The van der Waals surface area contributed by atoms with Crippen LogP contribution in [0.3, 0.4) is 0 Å². The van der Waals surface area contributed by atoms with Gasteiger partial charge in [0.05, 0.1) is 0 Å². The van der Waals surface area contributed by atoms with E-state index in [1.807, 2.05) is 18.2 Å². The first kappa shape index (κ1) is 13.8. The highest BCUT2D eigenvalue weighted by molar-refractivity contribution is 5.45. The molecule has 0 aliphatic carbocycles. The molecule has 0 saturated heterocycles. The summed E-state index contributed by atoms with van der Waals surface area (Å²) in [7, 11) is 0. The van der Waals surface area contributed by atoms with Crippen LogP contribution in [0, 0.1) is 0 Å². The van der Waals surface area contributed by atoms with Crippen LogP contribution in [0.25, 0.3) is 0 Å². The van der Waals surface area contributed by atoms with Crippen molar-refractivity contribution in [1.82, 2.24) is 4.98 Å². The average molecular weight is 235 g/mol. The zero-order chi connectivity index (χ0) is 12.5. The Kier molecular flexibility index (Phi) is 6.45. The number of unbranched alkanes of at least 4 members (excludes halogenated alkanes) is 2. The molecular weight excluding hydrogens is 210 g/mol. The molecule has 0 bridgehead atoms. The first-order valence-corrected chi connectivity index (χ1v) is 6.73. The molecule has 1 aromatic rings. The van der Waals surface area contributed by atoms with Crippen LogP contribution in [-0.2, 0) is 0 Å². The number of aromatic nitrogens is 1. The van der Waals surface area contributed by atoms with E-state index in [-0.39, 0.29) is 0 Å². The lowest BCUT2D eigenvalue weighted by molar-refractivity contribution is 0.614. The molecular formula is C14H25N3. The van der Waals surface area contributed by atoms with Crippen molar-refractivity contribution in [2.45, 2.75) is 52.5 Å². The number of nitrogens with one attached hydrogen (secondary N) is 2. The van der Waals surface area contributed by atoms with Crippen LogP contribution in [0.5, 0.6) is 0 Å². The molecule has 0 saturated carbocycles. The monoisotopic (exact) mass is 235 g/mol. The molecule has 1 aromatic heterocycles. The number of nitrogens with zero attached hydrogens (tertiary/aromatic N) is 1. The lowest BCUT2D eigenvalue weighted by Crippen LogP contribution is -2.16. The van der Waals surface area contributed by atoms with E-state index in [9.17, 15) is 0 Å². The van der Waals surface area contributed by atoms with Gasteiger partial charge in [-0.3, -0.25) is 0 Å². The second-order valence-electron chi connectivity index (χ2n) is 4.48. The summed E-state index contributed by atoms with van der Waals surface area (Å²) in [6.45, 7) is 7.44. The number of hydrogen-bond donors (Lipinski definition) is 2. The van der Waals surface area contributed by atoms with Gasteiger partial charge in [-0.15, -0.1) is 0 Å². The van der Waals surface area contributed by atoms with Gasteiger partial charge in [-0.2, -0.15) is 0 Å². The van der Waals surface area contributed by atoms with E-state index >= 15 is 0 Å². The first-order valence-electron chi connectivity index (χ1n) is 6.73. The van der Waals surface area contributed by atoms with Crippen LogP contribution in [0.15, 0.2) is 18.2 Å². The average Bonchev–Trinajstić information content (AvgIpc) is 2.30. The summed E-state index contributed by atoms with van der Waals surface area (Å²) >= 11 is 0. The fourth-order valence-corrected chi connectivity index (χ4v) is 1.82. The third-order valence-electron chi connectivity index (χ3n) is 2.74. The van der Waals surface area contributed by atoms with Gasteiger partial charge in [-0.1, -0.05) is 32.3 Å². The predicted molar refractivity (Wildman–Crippen MR) is 75.6 cm³/mol. The van der Waals surface area contributed by atoms with Crippen molar-refractivity contribution < 1.29 is 0 Å². The minimum absolute atomic E-state index is 0.492. The highest BCUT2D eigenvalue weighted by Crippen LogP contribution is 2.12. The lowest BCUT2D eigenvalue weighted by Gasteiger charge is -2.15. The second kappa shape index (κ2) is 7.93. The van der Waals surface area contributed by atoms with Gasteiger partial charge < -0.3 is 10.6 Å². The van der Waals surface area contributed by atoms with Crippen molar-refractivity contribution >= 4 is 11.6 Å². The highest BCUT2D eigenvalue weighted by Gasteiger charge is 2.03. The molecule has 0 aliphatic heterocycles. The Labute approximate surface area is 105 Å². The summed E-state index contributed by atoms with van der Waals surface area (Å²) in [6.07, 6.45) is 5.09. The quantitative estimate of drug-likeness (QED) is 0.671. The molecule has 0 spiro atoms. The number of hydrogen-bond acceptors (Lipinski definition) is 3. The first-order chi connectivity index (χ1) is 8.26. The zero-order valence-corrected chi connectivity index (χ0v) is 11.3. The van der Waals surface area contributed by atoms with E-state index in [0.29, 0.717) is 6.04 Å². The van der Waals surface area contributed by atoms with E-state index < -0.39 is 0 Å². The van der Waals surface area contributed by atoms with Gasteiger partial charge in [0, 0.05) is 12.6 Å². The maximum Gasteiger partial charge on any atom is 0.128 e. The van der Waals surface area contributed by atoms with Crippen molar-refractivity contribution in [2.24, 2.45) is 0 Å². The van der Waals surface area contributed by atoms with E-state index in [2.05, 4.69) is 36.4 Å². The van der Waals surface area contributed by atoms with Crippen molar-refractivity contribution in [3.8, 4) is 0 Å². The van der Waals surface area contributed by atoms with Crippen molar-refractivity contribution in [3.05, 3.63) is 18.2 Å². The largest absolute Gasteiger partial charge is 0.370 e. The molecule has 0 aromatic carbocycles. The van der Waals surface area contributed by atoms with Crippen molar-refractivity contribution in [1.29, 1.82) is 0 Å². The van der Waals surface area contributed by atoms with Crippen LogP contribution < -0.4 is 10.6 Å². The highest BCUT2D eigenvalue weighted by atomic mass is 15.1. The van der Waals surface area contributed by atoms with E-state index in [1.165, 1.54) is 25.7 Å². The minimum atomic E-state index is 0.492. The Hall–Kier alpha value is -1.25. The molecule has 3 nitrogen and oxygen atoms in total. The summed E-state index contributed by atoms with van der Waals surface area (Å²) in [6, 6.07) is 6.55. The van der Waals surface area contributed by atoms with Gasteiger partial charge in [0.1, 0.15) is 11.6 Å². The fraction of sp³-hybridized carbons (Fsp3) is 0.643. The molecule has 0 aliphatic rings. The fourth-order valence-electron chi connectivity index (χ4n) is 1.82. The molecule has 2 N–H and O–H groups in total. The lowest BCUT2D eigenvalue weighted by atomic mass is 10.1. The normalized spacial score (nSPS) is 12.2. The van der Waals surface area contributed by atoms with Gasteiger partial charge >= 0.3 is 0 Å². The number of anilines is 2. The van der Waals surface area contributed by atoms with Crippen LogP contribution >= 0.6 is 0 Å². The Morgan fingerprint density at radius 3 is 2.65 bits per heavy atom. The van der Waals surface area contributed by atoms with Crippen LogP contribution in [0.2, 0.25) is 0 Å².